The summed E-state index contributed by atoms with van der Waals surface area (Å²) >= 11 is 0. The molecule has 0 aromatic carbocycles. The van der Waals surface area contributed by atoms with E-state index in [0.29, 0.717) is 0 Å². The van der Waals surface area contributed by atoms with Gasteiger partial charge in [-0.3, -0.25) is 4.79 Å². The summed E-state index contributed by atoms with van der Waals surface area (Å²) in [6.07, 6.45) is 1.56. The van der Waals surface area contributed by atoms with Gasteiger partial charge < -0.3 is 15.1 Å². The number of nitrogens with one attached hydrogen (secondary N) is 3. The fraction of sp³-hybridized carbons (Fsp3) is 0.667. The maximum absolute atomic E-state index is 12.3. The highest BCUT2D eigenvalue weighted by atomic mass is 32.2. The molecule has 0 spiro atoms. The first-order valence-corrected chi connectivity index (χ1v) is 9.06. The molecule has 2 heterocycles. The summed E-state index contributed by atoms with van der Waals surface area (Å²) in [4.78, 5) is 12.3. The molecular weight excluding hydrogens is 318 g/mol. The lowest BCUT2D eigenvalue weighted by Crippen LogP contribution is -2.62. The van der Waals surface area contributed by atoms with Gasteiger partial charge in [0.1, 0.15) is 0 Å². The first-order valence-electron chi connectivity index (χ1n) is 7.58. The molecule has 8 heteroatoms. The molecule has 3 N–H and O–H groups in total. The second kappa shape index (κ2) is 5.92. The van der Waals surface area contributed by atoms with E-state index in [9.17, 15) is 13.2 Å². The van der Waals surface area contributed by atoms with Crippen molar-refractivity contribution in [1.82, 2.24) is 15.4 Å². The largest absolute Gasteiger partial charge is 0.438 e. The first-order chi connectivity index (χ1) is 10.4. The molecule has 0 unspecified atom stereocenters. The topological polar surface area (TPSA) is 100 Å². The van der Waals surface area contributed by atoms with Crippen LogP contribution in [0.5, 0.6) is 0 Å². The van der Waals surface area contributed by atoms with E-state index in [1.165, 1.54) is 19.2 Å². The molecule has 0 saturated carbocycles. The lowest BCUT2D eigenvalue weighted by molar-refractivity contribution is 0.0841. The Balaban J connectivity index is 2.10. The van der Waals surface area contributed by atoms with Crippen LogP contribution in [0, 0.1) is 0 Å². The number of carbonyl (C=O) groups is 1. The third-order valence-corrected chi connectivity index (χ3v) is 5.15. The Morgan fingerprint density at radius 3 is 2.30 bits per heavy atom. The van der Waals surface area contributed by atoms with Crippen LogP contribution in [0.3, 0.4) is 0 Å². The molecule has 7 nitrogen and oxygen atoms in total. The highest BCUT2D eigenvalue weighted by molar-refractivity contribution is 7.89. The van der Waals surface area contributed by atoms with Crippen LogP contribution in [0.1, 0.15) is 51.1 Å². The molecule has 130 valence electrons. The normalized spacial score (nSPS) is 21.1. The van der Waals surface area contributed by atoms with E-state index in [1.54, 1.807) is 0 Å². The molecule has 1 saturated heterocycles. The zero-order valence-corrected chi connectivity index (χ0v) is 15.0. The Labute approximate surface area is 137 Å². The number of hydrogen-bond acceptors (Lipinski definition) is 5. The molecule has 1 aliphatic heterocycles. The summed E-state index contributed by atoms with van der Waals surface area (Å²) in [5.74, 6) is -0.408. The average molecular weight is 343 g/mol. The number of sulfonamides is 1. The molecule has 1 aliphatic rings. The van der Waals surface area contributed by atoms with Crippen LogP contribution in [0.15, 0.2) is 21.6 Å². The fourth-order valence-corrected chi connectivity index (χ4v) is 4.02. The third kappa shape index (κ3) is 4.33. The van der Waals surface area contributed by atoms with Gasteiger partial charge in [0.2, 0.25) is 5.09 Å². The Morgan fingerprint density at radius 1 is 1.22 bits per heavy atom. The van der Waals surface area contributed by atoms with Crippen molar-refractivity contribution in [1.29, 1.82) is 0 Å². The van der Waals surface area contributed by atoms with Crippen molar-refractivity contribution >= 4 is 15.9 Å². The van der Waals surface area contributed by atoms with Gasteiger partial charge in [-0.05, 0) is 59.7 Å². The SMILES string of the molecule is CNS(=O)(=O)c1ccc(C(=O)NC2CC(C)(C)NC(C)(C)C2)o1. The van der Waals surface area contributed by atoms with Gasteiger partial charge in [0.25, 0.3) is 15.9 Å². The van der Waals surface area contributed by atoms with Crippen molar-refractivity contribution in [3.05, 3.63) is 17.9 Å². The van der Waals surface area contributed by atoms with Crippen molar-refractivity contribution in [2.24, 2.45) is 0 Å². The van der Waals surface area contributed by atoms with E-state index < -0.39 is 15.9 Å². The van der Waals surface area contributed by atoms with Gasteiger partial charge >= 0.3 is 0 Å². The number of piperidine rings is 1. The maximum Gasteiger partial charge on any atom is 0.287 e. The molecule has 23 heavy (non-hydrogen) atoms. The van der Waals surface area contributed by atoms with Crippen LogP contribution in [-0.4, -0.2) is 38.5 Å². The highest BCUT2D eigenvalue weighted by Crippen LogP contribution is 2.28. The van der Waals surface area contributed by atoms with Gasteiger partial charge in [-0.2, -0.15) is 0 Å². The minimum absolute atomic E-state index is 0.00651. The fourth-order valence-electron chi connectivity index (χ4n) is 3.37. The second-order valence-corrected chi connectivity index (χ2v) is 9.12. The minimum atomic E-state index is -3.69. The molecule has 0 aliphatic carbocycles. The Morgan fingerprint density at radius 2 is 1.78 bits per heavy atom. The van der Waals surface area contributed by atoms with Gasteiger partial charge in [0, 0.05) is 17.1 Å². The van der Waals surface area contributed by atoms with Crippen molar-refractivity contribution in [2.45, 2.75) is 62.7 Å². The van der Waals surface area contributed by atoms with Gasteiger partial charge in [-0.25, -0.2) is 13.1 Å². The second-order valence-electron chi connectivity index (χ2n) is 7.30. The Hall–Kier alpha value is -1.38. The van der Waals surface area contributed by atoms with E-state index in [4.69, 9.17) is 4.42 Å². The molecular formula is C15H25N3O4S. The molecule has 1 amide bonds. The van der Waals surface area contributed by atoms with Gasteiger partial charge in [-0.15, -0.1) is 0 Å². The summed E-state index contributed by atoms with van der Waals surface area (Å²) < 4.78 is 30.6. The minimum Gasteiger partial charge on any atom is -0.438 e. The highest BCUT2D eigenvalue weighted by Gasteiger charge is 2.38. The lowest BCUT2D eigenvalue weighted by atomic mass is 9.79. The monoisotopic (exact) mass is 343 g/mol. The third-order valence-electron chi connectivity index (χ3n) is 3.86. The number of carbonyl (C=O) groups excluding carboxylic acids is 1. The molecule has 0 atom stereocenters. The first kappa shape index (κ1) is 18.0. The van der Waals surface area contributed by atoms with Gasteiger partial charge in [0.15, 0.2) is 5.76 Å². The lowest BCUT2D eigenvalue weighted by Gasteiger charge is -2.46. The van der Waals surface area contributed by atoms with Crippen molar-refractivity contribution in [3.8, 4) is 0 Å². The number of furan rings is 1. The molecule has 1 aromatic heterocycles. The molecule has 2 rings (SSSR count). The van der Waals surface area contributed by atoms with Gasteiger partial charge in [0.05, 0.1) is 0 Å². The zero-order chi connectivity index (χ0) is 17.5. The van der Waals surface area contributed by atoms with Crippen LogP contribution in [0.4, 0.5) is 0 Å². The Bertz CT molecular complexity index is 675. The van der Waals surface area contributed by atoms with Crippen molar-refractivity contribution in [3.63, 3.8) is 0 Å². The zero-order valence-electron chi connectivity index (χ0n) is 14.2. The smallest absolute Gasteiger partial charge is 0.287 e. The van der Waals surface area contributed by atoms with E-state index in [1.807, 2.05) is 0 Å². The van der Waals surface area contributed by atoms with Crippen LogP contribution in [0.2, 0.25) is 0 Å². The molecule has 1 fully saturated rings. The van der Waals surface area contributed by atoms with E-state index in [2.05, 4.69) is 43.1 Å². The predicted octanol–water partition coefficient (Wildman–Crippen LogP) is 1.23. The molecule has 0 bridgehead atoms. The van der Waals surface area contributed by atoms with Gasteiger partial charge in [-0.1, -0.05) is 0 Å². The summed E-state index contributed by atoms with van der Waals surface area (Å²) in [5.41, 5.74) is -0.188. The van der Waals surface area contributed by atoms with Crippen LogP contribution < -0.4 is 15.4 Å². The van der Waals surface area contributed by atoms with Crippen LogP contribution in [-0.2, 0) is 10.0 Å². The maximum atomic E-state index is 12.3. The van der Waals surface area contributed by atoms with E-state index >= 15 is 0 Å². The summed E-state index contributed by atoms with van der Waals surface area (Å²) in [5, 5.41) is 6.22. The predicted molar refractivity (Wildman–Crippen MR) is 86.7 cm³/mol. The summed E-state index contributed by atoms with van der Waals surface area (Å²) in [6.45, 7) is 8.38. The van der Waals surface area contributed by atoms with Crippen LogP contribution >= 0.6 is 0 Å². The Kier molecular flexibility index (Phi) is 4.62. The number of amides is 1. The van der Waals surface area contributed by atoms with Crippen molar-refractivity contribution in [2.75, 3.05) is 7.05 Å². The molecule has 1 aromatic rings. The summed E-state index contributed by atoms with van der Waals surface area (Å²) in [7, 11) is -2.40. The van der Waals surface area contributed by atoms with Crippen molar-refractivity contribution < 1.29 is 17.6 Å². The van der Waals surface area contributed by atoms with E-state index in [-0.39, 0.29) is 28.0 Å². The summed E-state index contributed by atoms with van der Waals surface area (Å²) in [6, 6.07) is 2.64. The quantitative estimate of drug-likeness (QED) is 0.763. The van der Waals surface area contributed by atoms with Crippen LogP contribution in [0.25, 0.3) is 0 Å². The average Bonchev–Trinajstić information content (AvgIpc) is 2.84. The molecule has 0 radical (unpaired) electrons. The van der Waals surface area contributed by atoms with E-state index in [0.717, 1.165) is 12.8 Å². The standard InChI is InChI=1S/C15H25N3O4S/c1-14(2)8-10(9-15(3,4)18-14)17-13(19)11-6-7-12(22-11)23(20,21)16-5/h6-7,10,16,18H,8-9H2,1-5H3,(H,17,19). The number of hydrogen-bond donors (Lipinski definition) is 3. The number of rotatable bonds is 4.